The van der Waals surface area contributed by atoms with Gasteiger partial charge in [-0.3, -0.25) is 9.00 Å². The first-order valence-electron chi connectivity index (χ1n) is 6.00. The van der Waals surface area contributed by atoms with E-state index in [1.54, 1.807) is 19.1 Å². The zero-order chi connectivity index (χ0) is 13.7. The highest BCUT2D eigenvalue weighted by molar-refractivity contribution is 7.86. The minimum Gasteiger partial charge on any atom is -0.399 e. The van der Waals surface area contributed by atoms with Crippen LogP contribution >= 0.6 is 0 Å². The Labute approximate surface area is 110 Å². The van der Waals surface area contributed by atoms with E-state index in [0.29, 0.717) is 17.1 Å². The van der Waals surface area contributed by atoms with Gasteiger partial charge in [-0.2, -0.15) is 0 Å². The van der Waals surface area contributed by atoms with Crippen LogP contribution in [0.2, 0.25) is 0 Å². The van der Waals surface area contributed by atoms with E-state index in [4.69, 9.17) is 5.73 Å². The Morgan fingerprint density at radius 2 is 2.17 bits per heavy atom. The number of rotatable bonds is 5. The molecule has 5 heteroatoms. The number of hydrogen-bond acceptors (Lipinski definition) is 3. The van der Waals surface area contributed by atoms with Crippen molar-refractivity contribution < 1.29 is 9.00 Å². The Balaban J connectivity index is 2.75. The van der Waals surface area contributed by atoms with Gasteiger partial charge in [0.2, 0.25) is 5.91 Å². The summed E-state index contributed by atoms with van der Waals surface area (Å²) in [4.78, 5) is 11.9. The first-order valence-corrected chi connectivity index (χ1v) is 7.38. The summed E-state index contributed by atoms with van der Waals surface area (Å²) in [5.74, 6) is 0.320. The van der Waals surface area contributed by atoms with E-state index in [1.807, 2.05) is 19.9 Å². The molecule has 0 aliphatic rings. The van der Waals surface area contributed by atoms with Crippen molar-refractivity contribution in [1.29, 1.82) is 0 Å². The Bertz CT molecular complexity index is 460. The third-order valence-corrected chi connectivity index (χ3v) is 4.50. The molecule has 4 nitrogen and oxygen atoms in total. The molecule has 0 bridgehead atoms. The molecule has 0 fully saturated rings. The molecule has 2 unspecified atom stereocenters. The number of nitrogens with one attached hydrogen (secondary N) is 1. The highest BCUT2D eigenvalue weighted by Crippen LogP contribution is 2.18. The molecule has 1 rings (SSSR count). The van der Waals surface area contributed by atoms with Gasteiger partial charge in [-0.25, -0.2) is 0 Å². The number of nitrogen functional groups attached to an aromatic ring is 1. The molecular weight excluding hydrogens is 248 g/mol. The highest BCUT2D eigenvalue weighted by Gasteiger charge is 2.19. The molecule has 0 aliphatic heterocycles. The van der Waals surface area contributed by atoms with E-state index in [9.17, 15) is 9.00 Å². The van der Waals surface area contributed by atoms with Gasteiger partial charge in [-0.05, 0) is 38.0 Å². The van der Waals surface area contributed by atoms with Crippen LogP contribution in [0, 0.1) is 6.92 Å². The van der Waals surface area contributed by atoms with Gasteiger partial charge in [0, 0.05) is 27.9 Å². The fourth-order valence-electron chi connectivity index (χ4n) is 1.51. The van der Waals surface area contributed by atoms with Gasteiger partial charge in [0.25, 0.3) is 0 Å². The van der Waals surface area contributed by atoms with E-state index < -0.39 is 16.0 Å². The van der Waals surface area contributed by atoms with Crippen LogP contribution in [0.15, 0.2) is 18.2 Å². The maximum Gasteiger partial charge on any atom is 0.239 e. The van der Waals surface area contributed by atoms with Crippen LogP contribution in [0.25, 0.3) is 0 Å². The topological polar surface area (TPSA) is 72.2 Å². The van der Waals surface area contributed by atoms with E-state index in [0.717, 1.165) is 12.0 Å². The molecule has 100 valence electrons. The Kier molecular flexibility index (Phi) is 5.34. The molecule has 0 aliphatic carbocycles. The van der Waals surface area contributed by atoms with Crippen molar-refractivity contribution >= 4 is 28.1 Å². The molecule has 0 radical (unpaired) electrons. The van der Waals surface area contributed by atoms with Gasteiger partial charge < -0.3 is 11.1 Å². The quantitative estimate of drug-likeness (QED) is 0.803. The summed E-state index contributed by atoms with van der Waals surface area (Å²) >= 11 is 0. The van der Waals surface area contributed by atoms with Crippen molar-refractivity contribution in [3.8, 4) is 0 Å². The first kappa shape index (κ1) is 14.7. The van der Waals surface area contributed by atoms with E-state index in [2.05, 4.69) is 5.32 Å². The predicted molar refractivity (Wildman–Crippen MR) is 77.0 cm³/mol. The maximum absolute atomic E-state index is 11.9. The number of aryl methyl sites for hydroxylation is 1. The number of hydrogen-bond donors (Lipinski definition) is 2. The lowest BCUT2D eigenvalue weighted by Crippen LogP contribution is -2.30. The molecule has 18 heavy (non-hydrogen) atoms. The zero-order valence-electron chi connectivity index (χ0n) is 11.0. The summed E-state index contributed by atoms with van der Waals surface area (Å²) in [7, 11) is -1.12. The van der Waals surface area contributed by atoms with Crippen LogP contribution in [0.5, 0.6) is 0 Å². The number of benzene rings is 1. The summed E-state index contributed by atoms with van der Waals surface area (Å²) in [5.41, 5.74) is 7.89. The zero-order valence-corrected chi connectivity index (χ0v) is 11.8. The van der Waals surface area contributed by atoms with Crippen molar-refractivity contribution in [3.63, 3.8) is 0 Å². The van der Waals surface area contributed by atoms with Gasteiger partial charge >= 0.3 is 0 Å². The summed E-state index contributed by atoms with van der Waals surface area (Å²) in [6, 6.07) is 5.34. The smallest absolute Gasteiger partial charge is 0.239 e. The van der Waals surface area contributed by atoms with Crippen LogP contribution in [0.1, 0.15) is 25.8 Å². The van der Waals surface area contributed by atoms with Gasteiger partial charge in [0.05, 0.1) is 0 Å². The van der Waals surface area contributed by atoms with Crippen LogP contribution in [-0.2, 0) is 15.6 Å². The Morgan fingerprint density at radius 1 is 1.50 bits per heavy atom. The number of anilines is 2. The molecular formula is C13H20N2O2S. The Morgan fingerprint density at radius 3 is 2.78 bits per heavy atom. The minimum absolute atomic E-state index is 0.226. The number of carbonyl (C=O) groups is 1. The lowest BCUT2D eigenvalue weighted by Gasteiger charge is -2.13. The monoisotopic (exact) mass is 268 g/mol. The average molecular weight is 268 g/mol. The highest BCUT2D eigenvalue weighted by atomic mass is 32.2. The molecule has 1 aromatic rings. The van der Waals surface area contributed by atoms with Crippen molar-refractivity contribution in [1.82, 2.24) is 0 Å². The van der Waals surface area contributed by atoms with Crippen LogP contribution in [0.3, 0.4) is 0 Å². The van der Waals surface area contributed by atoms with Crippen LogP contribution in [-0.4, -0.2) is 21.1 Å². The van der Waals surface area contributed by atoms with Gasteiger partial charge in [0.1, 0.15) is 5.25 Å². The third-order valence-electron chi connectivity index (χ3n) is 2.69. The molecule has 0 saturated carbocycles. The second-order valence-corrected chi connectivity index (χ2v) is 6.17. The van der Waals surface area contributed by atoms with E-state index in [-0.39, 0.29) is 5.91 Å². The number of nitrogens with two attached hydrogens (primary N) is 1. The fourth-order valence-corrected chi connectivity index (χ4v) is 2.56. The van der Waals surface area contributed by atoms with Gasteiger partial charge in [0.15, 0.2) is 0 Å². The lowest BCUT2D eigenvalue weighted by molar-refractivity contribution is -0.115. The summed E-state index contributed by atoms with van der Waals surface area (Å²) < 4.78 is 11.8. The molecule has 0 saturated heterocycles. The largest absolute Gasteiger partial charge is 0.399 e. The van der Waals surface area contributed by atoms with Crippen LogP contribution in [0.4, 0.5) is 11.4 Å². The fraction of sp³-hybridized carbons (Fsp3) is 0.462. The summed E-state index contributed by atoms with van der Waals surface area (Å²) in [5, 5.41) is 2.27. The van der Waals surface area contributed by atoms with Crippen molar-refractivity contribution in [2.75, 3.05) is 16.8 Å². The maximum atomic E-state index is 11.9. The molecule has 2 atom stereocenters. The summed E-state index contributed by atoms with van der Waals surface area (Å²) in [6.45, 7) is 5.52. The first-order chi connectivity index (χ1) is 8.45. The standard InChI is InChI=1S/C13H20N2O2S/c1-4-7-18(17)10(3)13(16)15-12-8-11(14)6-5-9(12)2/h5-6,8,10H,4,7,14H2,1-3H3,(H,15,16). The molecule has 0 spiro atoms. The third kappa shape index (κ3) is 3.84. The minimum atomic E-state index is -1.12. The summed E-state index contributed by atoms with van der Waals surface area (Å²) in [6.07, 6.45) is 0.807. The van der Waals surface area contributed by atoms with Crippen molar-refractivity contribution in [2.45, 2.75) is 32.4 Å². The van der Waals surface area contributed by atoms with Crippen molar-refractivity contribution in [3.05, 3.63) is 23.8 Å². The molecule has 1 aromatic carbocycles. The molecule has 0 aromatic heterocycles. The van der Waals surface area contributed by atoms with E-state index in [1.165, 1.54) is 0 Å². The lowest BCUT2D eigenvalue weighted by atomic mass is 10.2. The molecule has 1 amide bonds. The van der Waals surface area contributed by atoms with Gasteiger partial charge in [-0.1, -0.05) is 13.0 Å². The van der Waals surface area contributed by atoms with Crippen LogP contribution < -0.4 is 11.1 Å². The number of carbonyl (C=O) groups excluding carboxylic acids is 1. The van der Waals surface area contributed by atoms with E-state index >= 15 is 0 Å². The number of amides is 1. The SMILES string of the molecule is CCCS(=O)C(C)C(=O)Nc1cc(N)ccc1C. The Hall–Kier alpha value is -1.36. The van der Waals surface area contributed by atoms with Gasteiger partial charge in [-0.15, -0.1) is 0 Å². The average Bonchev–Trinajstić information content (AvgIpc) is 2.33. The second-order valence-electron chi connectivity index (χ2n) is 4.29. The molecule has 0 heterocycles. The predicted octanol–water partition coefficient (Wildman–Crippen LogP) is 2.06. The molecule has 3 N–H and O–H groups in total. The normalized spacial score (nSPS) is 13.9. The van der Waals surface area contributed by atoms with Crippen molar-refractivity contribution in [2.24, 2.45) is 0 Å². The second kappa shape index (κ2) is 6.54.